The number of tetrazole rings is 1. The smallest absolute Gasteiger partial charge is 0.258 e. The fourth-order valence-electron chi connectivity index (χ4n) is 4.44. The second-order valence-electron chi connectivity index (χ2n) is 9.83. The van der Waals surface area contributed by atoms with Crippen LogP contribution in [0.2, 0.25) is 10.0 Å². The number of likely N-dealkylation sites (N-methyl/N-ethyl adjacent to an activating group) is 1. The molecule has 3 aromatic rings. The molecule has 2 amide bonds. The highest BCUT2D eigenvalue weighted by Crippen LogP contribution is 2.31. The molecule has 0 radical (unpaired) electrons. The van der Waals surface area contributed by atoms with Gasteiger partial charge in [-0.2, -0.15) is 0 Å². The molecule has 0 spiro atoms. The minimum Gasteiger partial charge on any atom is -0.488 e. The molecule has 0 aliphatic carbocycles. The number of aromatic nitrogens is 4. The lowest BCUT2D eigenvalue weighted by Crippen LogP contribution is -2.49. The molecule has 2 N–H and O–H groups in total. The van der Waals surface area contributed by atoms with E-state index in [2.05, 4.69) is 25.7 Å². The number of anilines is 1. The zero-order valence-electron chi connectivity index (χ0n) is 21.9. The fraction of sp³-hybridized carbons (Fsp3) is 0.423. The fourth-order valence-corrected chi connectivity index (χ4v) is 4.76. The summed E-state index contributed by atoms with van der Waals surface area (Å²) in [6.07, 6.45) is 1.07. The van der Waals surface area contributed by atoms with Gasteiger partial charge in [-0.3, -0.25) is 14.5 Å². The zero-order chi connectivity index (χ0) is 28.1. The monoisotopic (exact) mass is 575 g/mol. The predicted molar refractivity (Wildman–Crippen MR) is 147 cm³/mol. The summed E-state index contributed by atoms with van der Waals surface area (Å²) in [6, 6.07) is 10.1. The number of ether oxygens (including phenoxy) is 1. The van der Waals surface area contributed by atoms with Crippen LogP contribution in [0.15, 0.2) is 42.7 Å². The number of aliphatic hydroxyl groups is 1. The Bertz CT molecular complexity index is 1310. The number of hydrogen-bond acceptors (Lipinski definition) is 8. The highest BCUT2D eigenvalue weighted by atomic mass is 35.5. The van der Waals surface area contributed by atoms with Gasteiger partial charge in [0.2, 0.25) is 5.91 Å². The van der Waals surface area contributed by atoms with Crippen molar-refractivity contribution in [2.45, 2.75) is 39.1 Å². The van der Waals surface area contributed by atoms with E-state index in [4.69, 9.17) is 27.9 Å². The Morgan fingerprint density at radius 1 is 1.26 bits per heavy atom. The highest BCUT2D eigenvalue weighted by molar-refractivity contribution is 6.42. The van der Waals surface area contributed by atoms with Gasteiger partial charge in [-0.05, 0) is 60.3 Å². The van der Waals surface area contributed by atoms with E-state index in [-0.39, 0.29) is 37.0 Å². The van der Waals surface area contributed by atoms with Crippen LogP contribution < -0.4 is 10.1 Å². The maximum absolute atomic E-state index is 13.6. The van der Waals surface area contributed by atoms with Crippen LogP contribution in [-0.4, -0.2) is 85.8 Å². The molecule has 0 bridgehead atoms. The number of carbonyl (C=O) groups is 2. The third kappa shape index (κ3) is 7.24. The van der Waals surface area contributed by atoms with Crippen molar-refractivity contribution in [2.75, 3.05) is 32.1 Å². The predicted octanol–water partition coefficient (Wildman–Crippen LogP) is 2.97. The number of nitrogens with zero attached hydrogens (tertiary/aromatic N) is 6. The van der Waals surface area contributed by atoms with E-state index < -0.39 is 6.04 Å². The molecular weight excluding hydrogens is 545 g/mol. The molecule has 13 heteroatoms. The lowest BCUT2D eigenvalue weighted by molar-refractivity contribution is -0.116. The van der Waals surface area contributed by atoms with E-state index in [1.807, 2.05) is 26.1 Å². The van der Waals surface area contributed by atoms with Crippen LogP contribution in [0, 0.1) is 5.92 Å². The van der Waals surface area contributed by atoms with Crippen molar-refractivity contribution in [1.29, 1.82) is 0 Å². The molecule has 1 aromatic heterocycles. The van der Waals surface area contributed by atoms with Crippen molar-refractivity contribution in [1.82, 2.24) is 30.0 Å². The van der Waals surface area contributed by atoms with Crippen LogP contribution in [-0.2, 0) is 17.9 Å². The molecule has 11 nitrogen and oxygen atoms in total. The van der Waals surface area contributed by atoms with Crippen LogP contribution >= 0.6 is 23.2 Å². The van der Waals surface area contributed by atoms with E-state index in [1.165, 1.54) is 11.0 Å². The molecule has 39 heavy (non-hydrogen) atoms. The van der Waals surface area contributed by atoms with Gasteiger partial charge in [-0.15, -0.1) is 5.10 Å². The first kappa shape index (κ1) is 28.8. The Balaban J connectivity index is 1.56. The summed E-state index contributed by atoms with van der Waals surface area (Å²) in [5.41, 5.74) is 1.75. The van der Waals surface area contributed by atoms with Crippen LogP contribution in [0.25, 0.3) is 0 Å². The van der Waals surface area contributed by atoms with Crippen LogP contribution in [0.4, 0.5) is 5.69 Å². The first-order chi connectivity index (χ1) is 18.6. The van der Waals surface area contributed by atoms with Gasteiger partial charge < -0.3 is 20.1 Å². The van der Waals surface area contributed by atoms with Crippen molar-refractivity contribution in [3.8, 4) is 5.75 Å². The number of rotatable bonds is 9. The Morgan fingerprint density at radius 3 is 2.74 bits per heavy atom. The van der Waals surface area contributed by atoms with Crippen molar-refractivity contribution in [2.24, 2.45) is 5.92 Å². The SMILES string of the molecule is C[C@H]1CN([C@@H](C)CO)C(=O)c2cc(NC(=O)Cn3cnnn3)ccc2O[C@H]1CN(C)Cc1ccc(Cl)c(Cl)c1. The molecule has 0 saturated carbocycles. The van der Waals surface area contributed by atoms with Gasteiger partial charge in [0.25, 0.3) is 5.91 Å². The molecule has 0 unspecified atom stereocenters. The molecule has 2 aromatic carbocycles. The Kier molecular flexibility index (Phi) is 9.39. The summed E-state index contributed by atoms with van der Waals surface area (Å²) in [4.78, 5) is 29.9. The standard InChI is InChI=1S/C26H31Cl2N7O4/c1-16-10-35(17(2)14-36)26(38)20-9-19(30-25(37)13-34-15-29-31-32-34)5-7-23(20)39-24(16)12-33(3)11-18-4-6-21(27)22(28)8-18/h4-9,15-17,24,36H,10-14H2,1-3H3,(H,30,37)/t16-,17-,24-/m0/s1. The lowest BCUT2D eigenvalue weighted by atomic mass is 9.99. The summed E-state index contributed by atoms with van der Waals surface area (Å²) in [7, 11) is 1.99. The number of aliphatic hydroxyl groups excluding tert-OH is 1. The lowest BCUT2D eigenvalue weighted by Gasteiger charge is -2.38. The van der Waals surface area contributed by atoms with Crippen LogP contribution in [0.5, 0.6) is 5.75 Å². The summed E-state index contributed by atoms with van der Waals surface area (Å²) in [5.74, 6) is -0.258. The van der Waals surface area contributed by atoms with E-state index in [1.54, 1.807) is 36.1 Å². The molecule has 3 atom stereocenters. The van der Waals surface area contributed by atoms with Gasteiger partial charge >= 0.3 is 0 Å². The Hall–Kier alpha value is -3.25. The van der Waals surface area contributed by atoms with Gasteiger partial charge in [0, 0.05) is 31.2 Å². The maximum Gasteiger partial charge on any atom is 0.258 e. The first-order valence-corrected chi connectivity index (χ1v) is 13.3. The number of nitrogens with one attached hydrogen (secondary N) is 1. The maximum atomic E-state index is 13.6. The Morgan fingerprint density at radius 2 is 2.05 bits per heavy atom. The van der Waals surface area contributed by atoms with Crippen LogP contribution in [0.1, 0.15) is 29.8 Å². The third-order valence-corrected chi connectivity index (χ3v) is 7.31. The van der Waals surface area contributed by atoms with Gasteiger partial charge in [0.15, 0.2) is 0 Å². The topological polar surface area (TPSA) is 126 Å². The molecule has 0 fully saturated rings. The van der Waals surface area contributed by atoms with Crippen molar-refractivity contribution >= 4 is 40.7 Å². The van der Waals surface area contributed by atoms with Gasteiger partial charge in [-0.1, -0.05) is 36.2 Å². The number of amides is 2. The molecule has 1 aliphatic heterocycles. The summed E-state index contributed by atoms with van der Waals surface area (Å²) in [6.45, 7) is 5.16. The molecule has 1 aliphatic rings. The summed E-state index contributed by atoms with van der Waals surface area (Å²) < 4.78 is 7.73. The van der Waals surface area contributed by atoms with Crippen molar-refractivity contribution < 1.29 is 19.4 Å². The largest absolute Gasteiger partial charge is 0.488 e. The molecule has 4 rings (SSSR count). The first-order valence-electron chi connectivity index (χ1n) is 12.5. The second kappa shape index (κ2) is 12.7. The number of carbonyl (C=O) groups excluding carboxylic acids is 2. The number of fused-ring (bicyclic) bond motifs is 1. The minimum atomic E-state index is -0.404. The van der Waals surface area contributed by atoms with Gasteiger partial charge in [0.05, 0.1) is 28.3 Å². The normalized spacial score (nSPS) is 18.2. The average molecular weight is 576 g/mol. The number of halogens is 2. The highest BCUT2D eigenvalue weighted by Gasteiger charge is 2.33. The van der Waals surface area contributed by atoms with E-state index >= 15 is 0 Å². The summed E-state index contributed by atoms with van der Waals surface area (Å²) in [5, 5.41) is 24.4. The zero-order valence-corrected chi connectivity index (χ0v) is 23.4. The molecule has 2 heterocycles. The van der Waals surface area contributed by atoms with Gasteiger partial charge in [-0.25, -0.2) is 4.68 Å². The molecular formula is C26H31Cl2N7O4. The minimum absolute atomic E-state index is 0.0389. The molecule has 0 saturated heterocycles. The van der Waals surface area contributed by atoms with Gasteiger partial charge in [0.1, 0.15) is 24.7 Å². The summed E-state index contributed by atoms with van der Waals surface area (Å²) >= 11 is 12.3. The number of benzene rings is 2. The van der Waals surface area contributed by atoms with Crippen LogP contribution in [0.3, 0.4) is 0 Å². The van der Waals surface area contributed by atoms with E-state index in [0.29, 0.717) is 46.7 Å². The van der Waals surface area contributed by atoms with Crippen molar-refractivity contribution in [3.05, 3.63) is 63.9 Å². The quantitative estimate of drug-likeness (QED) is 0.399. The van der Waals surface area contributed by atoms with E-state index in [0.717, 1.165) is 5.56 Å². The Labute approximate surface area is 236 Å². The molecule has 208 valence electrons. The van der Waals surface area contributed by atoms with E-state index in [9.17, 15) is 14.7 Å². The van der Waals surface area contributed by atoms with Crippen molar-refractivity contribution in [3.63, 3.8) is 0 Å². The number of hydrogen-bond donors (Lipinski definition) is 2. The third-order valence-electron chi connectivity index (χ3n) is 6.57. The second-order valence-corrected chi connectivity index (χ2v) is 10.6. The average Bonchev–Trinajstić information content (AvgIpc) is 3.41.